The average Bonchev–Trinajstić information content (AvgIpc) is 3.21. The van der Waals surface area contributed by atoms with Gasteiger partial charge in [0.2, 0.25) is 10.0 Å². The lowest BCUT2D eigenvalue weighted by molar-refractivity contribution is -0.142. The first-order valence-electron chi connectivity index (χ1n) is 10.2. The highest BCUT2D eigenvalue weighted by molar-refractivity contribution is 7.89. The summed E-state index contributed by atoms with van der Waals surface area (Å²) in [6, 6.07) is 13.9. The van der Waals surface area contributed by atoms with Crippen LogP contribution < -0.4 is 4.90 Å². The fourth-order valence-electron chi connectivity index (χ4n) is 3.48. The zero-order valence-electron chi connectivity index (χ0n) is 17.7. The van der Waals surface area contributed by atoms with Gasteiger partial charge in [-0.2, -0.15) is 4.31 Å². The van der Waals surface area contributed by atoms with Crippen molar-refractivity contribution in [1.29, 1.82) is 0 Å². The van der Waals surface area contributed by atoms with Crippen LogP contribution in [0.5, 0.6) is 0 Å². The molecule has 0 saturated heterocycles. The Morgan fingerprint density at radius 3 is 2.42 bits per heavy atom. The number of anilines is 1. The Bertz CT molecular complexity index is 1070. The van der Waals surface area contributed by atoms with Gasteiger partial charge in [0.25, 0.3) is 5.91 Å². The van der Waals surface area contributed by atoms with Crippen LogP contribution in [0, 0.1) is 0 Å². The Morgan fingerprint density at radius 1 is 1.06 bits per heavy atom. The highest BCUT2D eigenvalue weighted by Crippen LogP contribution is 2.27. The SMILES string of the molecule is CCN(CC)S(=O)(=O)c1ccc(C=CC(=O)OCC(=O)N2CCc3ccccc32)cc1. The second-order valence-corrected chi connectivity index (χ2v) is 8.96. The minimum absolute atomic E-state index is 0.201. The second-order valence-electron chi connectivity index (χ2n) is 7.02. The van der Waals surface area contributed by atoms with Gasteiger partial charge in [-0.05, 0) is 41.8 Å². The van der Waals surface area contributed by atoms with E-state index in [0.717, 1.165) is 17.7 Å². The molecule has 0 spiro atoms. The van der Waals surface area contributed by atoms with Crippen LogP contribution in [0.15, 0.2) is 59.5 Å². The summed E-state index contributed by atoms with van der Waals surface area (Å²) in [6.45, 7) is 4.61. The van der Waals surface area contributed by atoms with Gasteiger partial charge >= 0.3 is 5.97 Å². The number of nitrogens with zero attached hydrogens (tertiary/aromatic N) is 2. The fraction of sp³-hybridized carbons (Fsp3) is 0.304. The molecule has 0 atom stereocenters. The number of rotatable bonds is 8. The lowest BCUT2D eigenvalue weighted by atomic mass is 10.2. The highest BCUT2D eigenvalue weighted by Gasteiger charge is 2.24. The maximum Gasteiger partial charge on any atom is 0.331 e. The maximum absolute atomic E-state index is 12.5. The van der Waals surface area contributed by atoms with Crippen molar-refractivity contribution in [3.05, 3.63) is 65.7 Å². The van der Waals surface area contributed by atoms with E-state index in [1.807, 2.05) is 24.3 Å². The molecule has 1 heterocycles. The van der Waals surface area contributed by atoms with Gasteiger partial charge < -0.3 is 9.64 Å². The molecule has 164 valence electrons. The van der Waals surface area contributed by atoms with Gasteiger partial charge in [0.1, 0.15) is 0 Å². The van der Waals surface area contributed by atoms with Crippen LogP contribution in [0.2, 0.25) is 0 Å². The molecule has 8 heteroatoms. The molecule has 1 aliphatic heterocycles. The molecule has 7 nitrogen and oxygen atoms in total. The number of amides is 1. The minimum Gasteiger partial charge on any atom is -0.452 e. The number of esters is 1. The number of sulfonamides is 1. The van der Waals surface area contributed by atoms with Crippen LogP contribution in [0.1, 0.15) is 25.0 Å². The Hall–Kier alpha value is -2.97. The quantitative estimate of drug-likeness (QED) is 0.464. The molecule has 2 aromatic rings. The molecule has 1 amide bonds. The molecule has 0 bridgehead atoms. The number of hydrogen-bond acceptors (Lipinski definition) is 5. The van der Waals surface area contributed by atoms with Crippen molar-refractivity contribution in [3.63, 3.8) is 0 Å². The summed E-state index contributed by atoms with van der Waals surface area (Å²) < 4.78 is 31.5. The van der Waals surface area contributed by atoms with Crippen molar-refractivity contribution in [2.24, 2.45) is 0 Å². The molecule has 2 aromatic carbocycles. The van der Waals surface area contributed by atoms with Gasteiger partial charge in [0.05, 0.1) is 4.90 Å². The number of hydrogen-bond donors (Lipinski definition) is 0. The van der Waals surface area contributed by atoms with Crippen LogP contribution in [-0.2, 0) is 30.8 Å². The van der Waals surface area contributed by atoms with Gasteiger partial charge in [-0.1, -0.05) is 44.2 Å². The minimum atomic E-state index is -3.52. The van der Waals surface area contributed by atoms with Gasteiger partial charge in [-0.15, -0.1) is 0 Å². The Kier molecular flexibility index (Phi) is 7.25. The van der Waals surface area contributed by atoms with E-state index in [-0.39, 0.29) is 17.4 Å². The molecule has 0 saturated carbocycles. The van der Waals surface area contributed by atoms with E-state index in [1.54, 1.807) is 30.9 Å². The van der Waals surface area contributed by atoms with E-state index in [2.05, 4.69) is 0 Å². The summed E-state index contributed by atoms with van der Waals surface area (Å²) in [6.07, 6.45) is 3.53. The first-order valence-corrected chi connectivity index (χ1v) is 11.6. The molecule has 3 rings (SSSR count). The van der Waals surface area contributed by atoms with Crippen molar-refractivity contribution in [3.8, 4) is 0 Å². The molecule has 1 aliphatic rings. The first kappa shape index (κ1) is 22.7. The third kappa shape index (κ3) is 5.21. The number of carbonyl (C=O) groups is 2. The zero-order valence-corrected chi connectivity index (χ0v) is 18.5. The van der Waals surface area contributed by atoms with Gasteiger partial charge in [-0.25, -0.2) is 13.2 Å². The first-order chi connectivity index (χ1) is 14.9. The van der Waals surface area contributed by atoms with E-state index in [1.165, 1.54) is 28.6 Å². The molecule has 0 radical (unpaired) electrons. The van der Waals surface area contributed by atoms with Crippen molar-refractivity contribution in [2.75, 3.05) is 31.1 Å². The molecular weight excluding hydrogens is 416 g/mol. The molecular formula is C23H26N2O5S. The van der Waals surface area contributed by atoms with Crippen LogP contribution >= 0.6 is 0 Å². The lowest BCUT2D eigenvalue weighted by Gasteiger charge is -2.18. The number of para-hydroxylation sites is 1. The topological polar surface area (TPSA) is 84.0 Å². The van der Waals surface area contributed by atoms with Crippen LogP contribution in [0.3, 0.4) is 0 Å². The second kappa shape index (κ2) is 9.89. The third-order valence-corrected chi connectivity index (χ3v) is 7.23. The zero-order chi connectivity index (χ0) is 22.4. The Labute approximate surface area is 183 Å². The third-order valence-electron chi connectivity index (χ3n) is 5.16. The summed E-state index contributed by atoms with van der Waals surface area (Å²) in [5.74, 6) is -0.904. The predicted octanol–water partition coefficient (Wildman–Crippen LogP) is 2.86. The lowest BCUT2D eigenvalue weighted by Crippen LogP contribution is -2.33. The molecule has 0 fully saturated rings. The average molecular weight is 443 g/mol. The highest BCUT2D eigenvalue weighted by atomic mass is 32.2. The summed E-state index contributed by atoms with van der Waals surface area (Å²) >= 11 is 0. The van der Waals surface area contributed by atoms with Crippen LogP contribution in [0.4, 0.5) is 5.69 Å². The largest absolute Gasteiger partial charge is 0.452 e. The number of carbonyl (C=O) groups excluding carboxylic acids is 2. The summed E-state index contributed by atoms with van der Waals surface area (Å²) in [7, 11) is -3.52. The monoisotopic (exact) mass is 442 g/mol. The van der Waals surface area contributed by atoms with Gasteiger partial charge in [0.15, 0.2) is 6.61 Å². The molecule has 31 heavy (non-hydrogen) atoms. The number of benzene rings is 2. The summed E-state index contributed by atoms with van der Waals surface area (Å²) in [4.78, 5) is 26.2. The number of fused-ring (bicyclic) bond motifs is 1. The van der Waals surface area contributed by atoms with E-state index >= 15 is 0 Å². The van der Waals surface area contributed by atoms with Gasteiger partial charge in [0, 0.05) is 31.4 Å². The molecule has 0 aromatic heterocycles. The van der Waals surface area contributed by atoms with Crippen molar-refractivity contribution in [1.82, 2.24) is 4.31 Å². The Balaban J connectivity index is 1.55. The van der Waals surface area contributed by atoms with E-state index in [0.29, 0.717) is 25.2 Å². The molecule has 0 N–H and O–H groups in total. The molecule has 0 unspecified atom stereocenters. The number of ether oxygens (including phenoxy) is 1. The van der Waals surface area contributed by atoms with E-state index in [9.17, 15) is 18.0 Å². The van der Waals surface area contributed by atoms with Crippen LogP contribution in [0.25, 0.3) is 6.08 Å². The van der Waals surface area contributed by atoms with E-state index < -0.39 is 16.0 Å². The Morgan fingerprint density at radius 2 is 1.74 bits per heavy atom. The standard InChI is InChI=1S/C23H26N2O5S/c1-3-24(4-2)31(28,29)20-12-9-18(10-13-20)11-14-23(27)30-17-22(26)25-16-15-19-7-5-6-8-21(19)25/h5-14H,3-4,15-17H2,1-2H3. The van der Waals surface area contributed by atoms with Crippen molar-refractivity contribution in [2.45, 2.75) is 25.2 Å². The molecule has 0 aliphatic carbocycles. The smallest absolute Gasteiger partial charge is 0.331 e. The van der Waals surface area contributed by atoms with E-state index in [4.69, 9.17) is 4.74 Å². The van der Waals surface area contributed by atoms with Crippen molar-refractivity contribution < 1.29 is 22.7 Å². The normalized spacial score (nSPS) is 13.6. The fourth-order valence-corrected chi connectivity index (χ4v) is 4.94. The van der Waals surface area contributed by atoms with Crippen LogP contribution in [-0.4, -0.2) is 50.8 Å². The predicted molar refractivity (Wildman–Crippen MR) is 119 cm³/mol. The van der Waals surface area contributed by atoms with Gasteiger partial charge in [-0.3, -0.25) is 4.79 Å². The summed E-state index contributed by atoms with van der Waals surface area (Å²) in [5.41, 5.74) is 2.61. The van der Waals surface area contributed by atoms with Crippen molar-refractivity contribution >= 4 is 33.7 Å². The summed E-state index contributed by atoms with van der Waals surface area (Å²) in [5, 5.41) is 0. The maximum atomic E-state index is 12.5.